The highest BCUT2D eigenvalue weighted by Gasteiger charge is 2.58. The Morgan fingerprint density at radius 3 is 2.03 bits per heavy atom. The molecule has 0 aromatic rings. The van der Waals surface area contributed by atoms with Crippen LogP contribution in [0.4, 0.5) is 0 Å². The van der Waals surface area contributed by atoms with Crippen LogP contribution < -0.4 is 0 Å². The molecule has 4 saturated carbocycles. The molecule has 0 spiro atoms. The fourth-order valence-corrected chi connectivity index (χ4v) is 9.18. The van der Waals surface area contributed by atoms with E-state index in [0.717, 1.165) is 29.6 Å². The summed E-state index contributed by atoms with van der Waals surface area (Å²) >= 11 is 0. The molecule has 0 heteroatoms. The van der Waals surface area contributed by atoms with Gasteiger partial charge in [0.2, 0.25) is 0 Å². The summed E-state index contributed by atoms with van der Waals surface area (Å²) in [4.78, 5) is 0. The molecular formula is C31H58. The standard InChI is InChI=1S/C27H46.2C2H6/c1-7-25(4)15-9-16-26(5)20(18-25)12-13-21-23-11-8-10-22(19(2)3)27(23,6)17-14-24(21)26;2*1-2/h20-24H,2,7-18H2,1,3-6H3;2*1-2H3/t20?,21?,22?,23?,24?,25-,26?,27?;;/m0../s1. The Hall–Kier alpha value is -0.260. The van der Waals surface area contributed by atoms with E-state index in [2.05, 4.69) is 41.2 Å². The molecule has 182 valence electrons. The maximum absolute atomic E-state index is 4.44. The van der Waals surface area contributed by atoms with Crippen LogP contribution >= 0.6 is 0 Å². The van der Waals surface area contributed by atoms with Crippen molar-refractivity contribution < 1.29 is 0 Å². The fourth-order valence-electron chi connectivity index (χ4n) is 9.18. The lowest BCUT2D eigenvalue weighted by Crippen LogP contribution is -2.55. The van der Waals surface area contributed by atoms with E-state index in [1.165, 1.54) is 82.6 Å². The van der Waals surface area contributed by atoms with E-state index in [1.807, 2.05) is 27.7 Å². The van der Waals surface area contributed by atoms with Gasteiger partial charge in [-0.1, -0.05) is 86.8 Å². The number of allylic oxidation sites excluding steroid dienone is 1. The third-order valence-corrected chi connectivity index (χ3v) is 11.0. The lowest BCUT2D eigenvalue weighted by atomic mass is 9.42. The lowest BCUT2D eigenvalue weighted by Gasteiger charge is -2.63. The van der Waals surface area contributed by atoms with E-state index in [0.29, 0.717) is 16.2 Å². The second kappa shape index (κ2) is 10.8. The Bertz CT molecular complexity index is 575. The van der Waals surface area contributed by atoms with Gasteiger partial charge >= 0.3 is 0 Å². The highest BCUT2D eigenvalue weighted by atomic mass is 14.6. The molecule has 0 amide bonds. The molecule has 0 saturated heterocycles. The number of fused-ring (bicyclic) bond motifs is 5. The zero-order chi connectivity index (χ0) is 23.4. The van der Waals surface area contributed by atoms with Gasteiger partial charge in [0.05, 0.1) is 0 Å². The molecule has 4 rings (SSSR count). The summed E-state index contributed by atoms with van der Waals surface area (Å²) in [7, 11) is 0. The summed E-state index contributed by atoms with van der Waals surface area (Å²) in [5.74, 6) is 4.79. The Morgan fingerprint density at radius 1 is 0.774 bits per heavy atom. The summed E-state index contributed by atoms with van der Waals surface area (Å²) in [5.41, 5.74) is 3.28. The predicted octanol–water partition coefficient (Wildman–Crippen LogP) is 10.5. The number of rotatable bonds is 2. The van der Waals surface area contributed by atoms with Crippen LogP contribution in [0.5, 0.6) is 0 Å². The van der Waals surface area contributed by atoms with E-state index in [1.54, 1.807) is 0 Å². The van der Waals surface area contributed by atoms with Crippen molar-refractivity contribution in [1.82, 2.24) is 0 Å². The molecule has 8 atom stereocenters. The van der Waals surface area contributed by atoms with Gasteiger partial charge in [0, 0.05) is 0 Å². The van der Waals surface area contributed by atoms with Crippen molar-refractivity contribution in [3.63, 3.8) is 0 Å². The summed E-state index contributed by atoms with van der Waals surface area (Å²) in [6, 6.07) is 0. The Morgan fingerprint density at radius 2 is 1.42 bits per heavy atom. The van der Waals surface area contributed by atoms with Gasteiger partial charge in [0.15, 0.2) is 0 Å². The molecule has 0 aromatic heterocycles. The smallest absolute Gasteiger partial charge is 0.0152 e. The van der Waals surface area contributed by atoms with Crippen LogP contribution in [0.2, 0.25) is 0 Å². The van der Waals surface area contributed by atoms with Gasteiger partial charge in [-0.3, -0.25) is 0 Å². The van der Waals surface area contributed by atoms with Gasteiger partial charge in [0.25, 0.3) is 0 Å². The van der Waals surface area contributed by atoms with E-state index in [4.69, 9.17) is 0 Å². The van der Waals surface area contributed by atoms with Crippen molar-refractivity contribution in [2.45, 2.75) is 139 Å². The monoisotopic (exact) mass is 430 g/mol. The highest BCUT2D eigenvalue weighted by Crippen LogP contribution is 2.67. The number of hydrogen-bond acceptors (Lipinski definition) is 0. The average molecular weight is 431 g/mol. The van der Waals surface area contributed by atoms with Crippen LogP contribution in [-0.4, -0.2) is 0 Å². The van der Waals surface area contributed by atoms with Crippen LogP contribution in [0.25, 0.3) is 0 Å². The van der Waals surface area contributed by atoms with Gasteiger partial charge in [-0.15, -0.1) is 0 Å². The Labute approximate surface area is 197 Å². The minimum Gasteiger partial charge on any atom is -0.0998 e. The van der Waals surface area contributed by atoms with Crippen LogP contribution in [0, 0.1) is 45.8 Å². The van der Waals surface area contributed by atoms with E-state index < -0.39 is 0 Å². The normalized spacial score (nSPS) is 46.4. The second-order valence-electron chi connectivity index (χ2n) is 12.3. The molecule has 7 unspecified atom stereocenters. The van der Waals surface area contributed by atoms with Gasteiger partial charge in [-0.25, -0.2) is 0 Å². The van der Waals surface area contributed by atoms with Crippen molar-refractivity contribution >= 4 is 0 Å². The fraction of sp³-hybridized carbons (Fsp3) is 0.935. The zero-order valence-corrected chi connectivity index (χ0v) is 23.1. The largest absolute Gasteiger partial charge is 0.0998 e. The predicted molar refractivity (Wildman–Crippen MR) is 140 cm³/mol. The molecule has 0 aliphatic heterocycles. The molecule has 31 heavy (non-hydrogen) atoms. The minimum atomic E-state index is 0.553. The average Bonchev–Trinajstić information content (AvgIpc) is 2.91. The first kappa shape index (κ1) is 27.0. The Kier molecular flexibility index (Phi) is 9.38. The Balaban J connectivity index is 0.000000807. The molecule has 4 aliphatic carbocycles. The molecule has 4 fully saturated rings. The van der Waals surface area contributed by atoms with Crippen molar-refractivity contribution in [2.75, 3.05) is 0 Å². The topological polar surface area (TPSA) is 0 Å². The molecule has 0 nitrogen and oxygen atoms in total. The van der Waals surface area contributed by atoms with Crippen molar-refractivity contribution in [2.24, 2.45) is 45.8 Å². The first-order valence-corrected chi connectivity index (χ1v) is 14.4. The third kappa shape index (κ3) is 4.84. The van der Waals surface area contributed by atoms with Gasteiger partial charge in [-0.2, -0.15) is 0 Å². The molecule has 0 radical (unpaired) electrons. The van der Waals surface area contributed by atoms with E-state index in [-0.39, 0.29) is 0 Å². The zero-order valence-electron chi connectivity index (χ0n) is 23.1. The second-order valence-corrected chi connectivity index (χ2v) is 12.3. The molecular weight excluding hydrogens is 372 g/mol. The molecule has 0 heterocycles. The van der Waals surface area contributed by atoms with Gasteiger partial charge < -0.3 is 0 Å². The first-order valence-electron chi connectivity index (χ1n) is 14.4. The molecule has 4 aliphatic rings. The molecule has 0 aromatic carbocycles. The quantitative estimate of drug-likeness (QED) is 0.382. The van der Waals surface area contributed by atoms with E-state index in [9.17, 15) is 0 Å². The highest BCUT2D eigenvalue weighted by molar-refractivity contribution is 5.13. The van der Waals surface area contributed by atoms with Crippen molar-refractivity contribution in [1.29, 1.82) is 0 Å². The lowest BCUT2D eigenvalue weighted by molar-refractivity contribution is -0.129. The third-order valence-electron chi connectivity index (χ3n) is 11.0. The van der Waals surface area contributed by atoms with E-state index >= 15 is 0 Å². The maximum atomic E-state index is 4.44. The maximum Gasteiger partial charge on any atom is -0.0152 e. The summed E-state index contributed by atoms with van der Waals surface area (Å²) < 4.78 is 0. The summed E-state index contributed by atoms with van der Waals surface area (Å²) in [6.07, 6.45) is 17.8. The SMILES string of the molecule is C=C(C)C1CCCC2C3CCC4C[C@@](C)(CC)CCCC4(C)C3CCC12C.CC.CC. The van der Waals surface area contributed by atoms with Crippen LogP contribution in [0.15, 0.2) is 12.2 Å². The van der Waals surface area contributed by atoms with Gasteiger partial charge in [0.1, 0.15) is 0 Å². The van der Waals surface area contributed by atoms with Crippen molar-refractivity contribution in [3.05, 3.63) is 12.2 Å². The van der Waals surface area contributed by atoms with Crippen LogP contribution in [-0.2, 0) is 0 Å². The minimum absolute atomic E-state index is 0.553. The molecule has 0 N–H and O–H groups in total. The van der Waals surface area contributed by atoms with Crippen LogP contribution in [0.3, 0.4) is 0 Å². The number of hydrogen-bond donors (Lipinski definition) is 0. The van der Waals surface area contributed by atoms with Crippen LogP contribution in [0.1, 0.15) is 139 Å². The first-order chi connectivity index (χ1) is 14.7. The van der Waals surface area contributed by atoms with Crippen molar-refractivity contribution in [3.8, 4) is 0 Å². The van der Waals surface area contributed by atoms with Gasteiger partial charge in [-0.05, 0) is 111 Å². The molecule has 0 bridgehead atoms. The summed E-state index contributed by atoms with van der Waals surface area (Å²) in [6.45, 7) is 25.2. The summed E-state index contributed by atoms with van der Waals surface area (Å²) in [5, 5.41) is 0.